The third kappa shape index (κ3) is 5.20. The standard InChI is InChI=1S/C4H10O4S.K/c1-3(5)4(2)9(6,7)8;/h3-5H,1-2H3,(H,6,7,8);/q;+1/p-1. The predicted molar refractivity (Wildman–Crippen MR) is 30.8 cm³/mol. The van der Waals surface area contributed by atoms with Crippen molar-refractivity contribution in [1.82, 2.24) is 0 Å². The van der Waals surface area contributed by atoms with Crippen LogP contribution in [0.4, 0.5) is 0 Å². The van der Waals surface area contributed by atoms with Gasteiger partial charge < -0.3 is 9.66 Å². The van der Waals surface area contributed by atoms with Crippen LogP contribution in [0.5, 0.6) is 0 Å². The van der Waals surface area contributed by atoms with Gasteiger partial charge >= 0.3 is 51.4 Å². The van der Waals surface area contributed by atoms with E-state index in [2.05, 4.69) is 0 Å². The number of rotatable bonds is 2. The molecule has 0 amide bonds. The van der Waals surface area contributed by atoms with Gasteiger partial charge in [-0.25, -0.2) is 8.42 Å². The molecule has 0 radical (unpaired) electrons. The fourth-order valence-corrected chi connectivity index (χ4v) is 0.724. The number of aliphatic hydroxyl groups excluding tert-OH is 1. The Morgan fingerprint density at radius 2 is 1.70 bits per heavy atom. The Hall–Kier alpha value is 1.51. The quantitative estimate of drug-likeness (QED) is 0.361. The summed E-state index contributed by atoms with van der Waals surface area (Å²) in [5, 5.41) is 7.37. The van der Waals surface area contributed by atoms with Gasteiger partial charge in [0, 0.05) is 0 Å². The summed E-state index contributed by atoms with van der Waals surface area (Å²) < 4.78 is 30.2. The van der Waals surface area contributed by atoms with E-state index in [-0.39, 0.29) is 51.4 Å². The van der Waals surface area contributed by atoms with Crippen LogP contribution >= 0.6 is 0 Å². The van der Waals surface area contributed by atoms with E-state index in [9.17, 15) is 13.0 Å². The van der Waals surface area contributed by atoms with E-state index in [1.165, 1.54) is 13.8 Å². The molecule has 0 aliphatic carbocycles. The van der Waals surface area contributed by atoms with Crippen molar-refractivity contribution in [3.63, 3.8) is 0 Å². The summed E-state index contributed by atoms with van der Waals surface area (Å²) >= 11 is 0. The number of aliphatic hydroxyl groups is 1. The van der Waals surface area contributed by atoms with Crippen molar-refractivity contribution >= 4 is 10.1 Å². The van der Waals surface area contributed by atoms with Crippen LogP contribution in [0.3, 0.4) is 0 Å². The number of hydrogen-bond acceptors (Lipinski definition) is 4. The summed E-state index contributed by atoms with van der Waals surface area (Å²) in [6.07, 6.45) is -1.09. The van der Waals surface area contributed by atoms with E-state index in [1.807, 2.05) is 0 Å². The van der Waals surface area contributed by atoms with Crippen LogP contribution in [-0.4, -0.2) is 29.4 Å². The third-order valence-corrected chi connectivity index (χ3v) is 2.44. The van der Waals surface area contributed by atoms with Gasteiger partial charge in [-0.05, 0) is 13.8 Å². The molecule has 0 saturated heterocycles. The summed E-state index contributed by atoms with van der Waals surface area (Å²) in [4.78, 5) is 0. The molecule has 2 unspecified atom stereocenters. The van der Waals surface area contributed by atoms with Gasteiger partial charge in [0.15, 0.2) is 0 Å². The van der Waals surface area contributed by atoms with Crippen molar-refractivity contribution in [2.45, 2.75) is 25.2 Å². The maximum absolute atomic E-state index is 10.1. The van der Waals surface area contributed by atoms with E-state index in [0.717, 1.165) is 0 Å². The Kier molecular flexibility index (Phi) is 7.32. The van der Waals surface area contributed by atoms with Gasteiger partial charge in [0.1, 0.15) is 0 Å². The normalized spacial score (nSPS) is 17.2. The number of hydrogen-bond donors (Lipinski definition) is 1. The van der Waals surface area contributed by atoms with Crippen LogP contribution in [-0.2, 0) is 10.1 Å². The molecular formula is C4H9KO4S. The van der Waals surface area contributed by atoms with Crippen molar-refractivity contribution in [1.29, 1.82) is 0 Å². The van der Waals surface area contributed by atoms with Crippen LogP contribution < -0.4 is 51.4 Å². The first kappa shape index (κ1) is 14.1. The van der Waals surface area contributed by atoms with Gasteiger partial charge in [0.05, 0.1) is 21.5 Å². The summed E-state index contributed by atoms with van der Waals surface area (Å²) in [7, 11) is -4.30. The van der Waals surface area contributed by atoms with Gasteiger partial charge in [-0.2, -0.15) is 0 Å². The molecule has 0 aromatic heterocycles. The van der Waals surface area contributed by atoms with Crippen LogP contribution in [0.15, 0.2) is 0 Å². The predicted octanol–water partition coefficient (Wildman–Crippen LogP) is -3.70. The largest absolute Gasteiger partial charge is 1.00 e. The second-order valence-electron chi connectivity index (χ2n) is 1.94. The van der Waals surface area contributed by atoms with E-state index in [0.29, 0.717) is 0 Å². The van der Waals surface area contributed by atoms with Crippen LogP contribution in [0.2, 0.25) is 0 Å². The molecule has 0 aliphatic heterocycles. The maximum atomic E-state index is 10.1. The fourth-order valence-electron chi connectivity index (χ4n) is 0.241. The smallest absolute Gasteiger partial charge is 0.748 e. The van der Waals surface area contributed by atoms with Gasteiger partial charge in [-0.15, -0.1) is 0 Å². The van der Waals surface area contributed by atoms with Crippen LogP contribution in [0, 0.1) is 0 Å². The Morgan fingerprint density at radius 3 is 1.70 bits per heavy atom. The topological polar surface area (TPSA) is 77.4 Å². The summed E-state index contributed by atoms with van der Waals surface area (Å²) in [5.74, 6) is 0. The summed E-state index contributed by atoms with van der Waals surface area (Å²) in [5.41, 5.74) is 0. The molecule has 0 spiro atoms. The minimum atomic E-state index is -4.30. The molecular weight excluding hydrogens is 183 g/mol. The first-order valence-electron chi connectivity index (χ1n) is 2.48. The van der Waals surface area contributed by atoms with Crippen molar-refractivity contribution < 1.29 is 69.5 Å². The molecule has 0 aromatic rings. The first-order valence-corrected chi connectivity index (χ1v) is 3.95. The fraction of sp³-hybridized carbons (Fsp3) is 1.00. The molecule has 56 valence electrons. The Morgan fingerprint density at radius 1 is 1.40 bits per heavy atom. The average molecular weight is 192 g/mol. The van der Waals surface area contributed by atoms with E-state index >= 15 is 0 Å². The summed E-state index contributed by atoms with van der Waals surface area (Å²) in [6, 6.07) is 0. The van der Waals surface area contributed by atoms with Gasteiger partial charge in [-0.1, -0.05) is 0 Å². The Bertz CT molecular complexity index is 174. The maximum Gasteiger partial charge on any atom is 1.00 e. The molecule has 0 bridgehead atoms. The van der Waals surface area contributed by atoms with Crippen molar-refractivity contribution in [3.05, 3.63) is 0 Å². The Labute approximate surface area is 103 Å². The van der Waals surface area contributed by atoms with E-state index in [4.69, 9.17) is 5.11 Å². The molecule has 10 heavy (non-hydrogen) atoms. The summed E-state index contributed by atoms with van der Waals surface area (Å²) in [6.45, 7) is 2.44. The molecule has 0 aromatic carbocycles. The SMILES string of the molecule is CC(O)C(C)S(=O)(=O)[O-].[K+]. The van der Waals surface area contributed by atoms with Gasteiger partial charge in [0.25, 0.3) is 0 Å². The molecule has 0 aliphatic rings. The molecule has 0 heterocycles. The molecule has 0 saturated carbocycles. The van der Waals surface area contributed by atoms with E-state index < -0.39 is 21.5 Å². The van der Waals surface area contributed by atoms with E-state index in [1.54, 1.807) is 0 Å². The molecule has 1 N–H and O–H groups in total. The molecule has 2 atom stereocenters. The van der Waals surface area contributed by atoms with Crippen molar-refractivity contribution in [3.8, 4) is 0 Å². The minimum absolute atomic E-state index is 0. The zero-order chi connectivity index (χ0) is 7.65. The second kappa shape index (κ2) is 5.20. The molecule has 0 rings (SSSR count). The average Bonchev–Trinajstić information content (AvgIpc) is 1.62. The monoisotopic (exact) mass is 192 g/mol. The Balaban J connectivity index is 0. The zero-order valence-corrected chi connectivity index (χ0v) is 10.2. The minimum Gasteiger partial charge on any atom is -0.748 e. The van der Waals surface area contributed by atoms with Crippen LogP contribution in [0.25, 0.3) is 0 Å². The van der Waals surface area contributed by atoms with Crippen LogP contribution in [0.1, 0.15) is 13.8 Å². The zero-order valence-electron chi connectivity index (χ0n) is 6.23. The molecule has 4 nitrogen and oxygen atoms in total. The van der Waals surface area contributed by atoms with Crippen molar-refractivity contribution in [2.24, 2.45) is 0 Å². The van der Waals surface area contributed by atoms with Gasteiger partial charge in [0.2, 0.25) is 0 Å². The third-order valence-electron chi connectivity index (χ3n) is 1.13. The van der Waals surface area contributed by atoms with Gasteiger partial charge in [-0.3, -0.25) is 0 Å². The van der Waals surface area contributed by atoms with Crippen molar-refractivity contribution in [2.75, 3.05) is 0 Å². The molecule has 0 fully saturated rings. The molecule has 6 heteroatoms. The second-order valence-corrected chi connectivity index (χ2v) is 3.67. The first-order chi connectivity index (χ1) is 3.85.